The lowest BCUT2D eigenvalue weighted by molar-refractivity contribution is -0.141. The molecule has 1 aromatic carbocycles. The van der Waals surface area contributed by atoms with Gasteiger partial charge in [0.1, 0.15) is 6.10 Å². The van der Waals surface area contributed by atoms with Crippen molar-refractivity contribution in [3.8, 4) is 0 Å². The fourth-order valence-corrected chi connectivity index (χ4v) is 3.51. The second-order valence-corrected chi connectivity index (χ2v) is 6.68. The molecule has 1 aromatic heterocycles. The van der Waals surface area contributed by atoms with E-state index in [1.54, 1.807) is 24.5 Å². The molecule has 1 N–H and O–H groups in total. The van der Waals surface area contributed by atoms with Crippen LogP contribution in [0.1, 0.15) is 34.3 Å². The molecule has 0 bridgehead atoms. The van der Waals surface area contributed by atoms with Crippen LogP contribution in [-0.2, 0) is 22.5 Å². The Balaban J connectivity index is 1.47. The van der Waals surface area contributed by atoms with Crippen LogP contribution in [0, 0.1) is 0 Å². The zero-order valence-electron chi connectivity index (χ0n) is 14.5. The van der Waals surface area contributed by atoms with Crippen LogP contribution in [0.2, 0.25) is 0 Å². The minimum Gasteiger partial charge on any atom is -0.368 e. The van der Waals surface area contributed by atoms with Gasteiger partial charge in [0, 0.05) is 43.3 Å². The zero-order chi connectivity index (χ0) is 17.9. The van der Waals surface area contributed by atoms with Crippen molar-refractivity contribution in [2.45, 2.75) is 31.9 Å². The number of hydrogen-bond acceptors (Lipinski definition) is 4. The lowest BCUT2D eigenvalue weighted by Crippen LogP contribution is -2.41. The molecule has 0 unspecified atom stereocenters. The molecular formula is C20H21N3O3. The summed E-state index contributed by atoms with van der Waals surface area (Å²) in [4.78, 5) is 30.7. The Hall–Kier alpha value is -2.73. The highest BCUT2D eigenvalue weighted by atomic mass is 16.5. The number of fused-ring (bicyclic) bond motifs is 1. The number of carbonyl (C=O) groups is 2. The van der Waals surface area contributed by atoms with Crippen molar-refractivity contribution in [3.05, 3.63) is 59.4 Å². The molecule has 4 rings (SSSR count). The third-order valence-corrected chi connectivity index (χ3v) is 4.94. The summed E-state index contributed by atoms with van der Waals surface area (Å²) in [6, 6.07) is 9.26. The van der Waals surface area contributed by atoms with Crippen molar-refractivity contribution in [1.29, 1.82) is 0 Å². The van der Waals surface area contributed by atoms with Crippen molar-refractivity contribution < 1.29 is 14.3 Å². The van der Waals surface area contributed by atoms with Crippen LogP contribution in [0.25, 0.3) is 0 Å². The molecule has 0 aliphatic carbocycles. The van der Waals surface area contributed by atoms with E-state index in [0.29, 0.717) is 25.3 Å². The van der Waals surface area contributed by atoms with Gasteiger partial charge in [-0.05, 0) is 54.7 Å². The first-order chi connectivity index (χ1) is 12.7. The zero-order valence-corrected chi connectivity index (χ0v) is 14.5. The van der Waals surface area contributed by atoms with Crippen LogP contribution in [0.4, 0.5) is 5.69 Å². The summed E-state index contributed by atoms with van der Waals surface area (Å²) >= 11 is 0. The Bertz CT molecular complexity index is 816. The first-order valence-corrected chi connectivity index (χ1v) is 8.94. The normalized spacial score (nSPS) is 19.1. The molecule has 1 saturated heterocycles. The third-order valence-electron chi connectivity index (χ3n) is 4.94. The number of aromatic nitrogens is 1. The van der Waals surface area contributed by atoms with Gasteiger partial charge < -0.3 is 15.0 Å². The van der Waals surface area contributed by atoms with Crippen molar-refractivity contribution in [3.63, 3.8) is 0 Å². The molecule has 134 valence electrons. The first kappa shape index (κ1) is 16.7. The second kappa shape index (κ2) is 7.25. The smallest absolute Gasteiger partial charge is 0.255 e. The molecule has 3 heterocycles. The molecule has 26 heavy (non-hydrogen) atoms. The number of pyridine rings is 1. The van der Waals surface area contributed by atoms with E-state index in [1.165, 1.54) is 5.56 Å². The average molecular weight is 351 g/mol. The summed E-state index contributed by atoms with van der Waals surface area (Å²) in [5, 5.41) is 2.91. The van der Waals surface area contributed by atoms with Gasteiger partial charge >= 0.3 is 0 Å². The second-order valence-electron chi connectivity index (χ2n) is 6.68. The number of hydrogen-bond donors (Lipinski definition) is 1. The van der Waals surface area contributed by atoms with Gasteiger partial charge in [-0.15, -0.1) is 0 Å². The van der Waals surface area contributed by atoms with E-state index >= 15 is 0 Å². The van der Waals surface area contributed by atoms with Gasteiger partial charge in [0.15, 0.2) is 0 Å². The highest BCUT2D eigenvalue weighted by Crippen LogP contribution is 2.25. The Morgan fingerprint density at radius 2 is 2.00 bits per heavy atom. The summed E-state index contributed by atoms with van der Waals surface area (Å²) in [6.45, 7) is 1.95. The maximum atomic E-state index is 12.6. The number of nitrogens with zero attached hydrogens (tertiary/aromatic N) is 2. The number of carbonyl (C=O) groups excluding carboxylic acids is 2. The number of rotatable bonds is 3. The van der Waals surface area contributed by atoms with Gasteiger partial charge in [-0.2, -0.15) is 0 Å². The Morgan fingerprint density at radius 1 is 1.15 bits per heavy atom. The van der Waals surface area contributed by atoms with Gasteiger partial charge in [0.25, 0.3) is 11.8 Å². The monoisotopic (exact) mass is 351 g/mol. The van der Waals surface area contributed by atoms with Gasteiger partial charge in [-0.1, -0.05) is 6.07 Å². The van der Waals surface area contributed by atoms with E-state index in [1.807, 2.05) is 23.1 Å². The third kappa shape index (κ3) is 3.46. The van der Waals surface area contributed by atoms with E-state index in [0.717, 1.165) is 30.5 Å². The number of anilines is 1. The van der Waals surface area contributed by atoms with Gasteiger partial charge in [-0.3, -0.25) is 14.6 Å². The van der Waals surface area contributed by atoms with E-state index < -0.39 is 0 Å². The number of benzene rings is 1. The molecule has 6 nitrogen and oxygen atoms in total. The number of nitrogens with one attached hydrogen (secondary N) is 1. The SMILES string of the molecule is O=C(Nc1ccc2c(c1)CN(C(=O)[C@H]1CCCO1)CC2)c1ccncc1. The molecular weight excluding hydrogens is 330 g/mol. The molecule has 1 fully saturated rings. The molecule has 0 radical (unpaired) electrons. The Morgan fingerprint density at radius 3 is 2.77 bits per heavy atom. The van der Waals surface area contributed by atoms with Crippen LogP contribution in [0.5, 0.6) is 0 Å². The van der Waals surface area contributed by atoms with Crippen LogP contribution in [0.15, 0.2) is 42.7 Å². The minimum atomic E-state index is -0.286. The lowest BCUT2D eigenvalue weighted by atomic mass is 9.98. The maximum Gasteiger partial charge on any atom is 0.255 e. The Kier molecular flexibility index (Phi) is 4.67. The molecule has 2 aliphatic heterocycles. The maximum absolute atomic E-state index is 12.6. The predicted molar refractivity (Wildman–Crippen MR) is 96.7 cm³/mol. The van der Waals surface area contributed by atoms with Crippen LogP contribution in [0.3, 0.4) is 0 Å². The lowest BCUT2D eigenvalue weighted by Gasteiger charge is -2.31. The number of ether oxygens (including phenoxy) is 1. The fourth-order valence-electron chi connectivity index (χ4n) is 3.51. The first-order valence-electron chi connectivity index (χ1n) is 8.94. The molecule has 2 amide bonds. The standard InChI is InChI=1S/C20H21N3O3/c24-19(15-5-8-21-9-6-15)22-17-4-3-14-7-10-23(13-16(14)12-17)20(25)18-2-1-11-26-18/h3-6,8-9,12,18H,1-2,7,10-11,13H2,(H,22,24)/t18-/m1/s1. The molecule has 6 heteroatoms. The van der Waals surface area contributed by atoms with E-state index in [4.69, 9.17) is 4.74 Å². The van der Waals surface area contributed by atoms with Crippen molar-refractivity contribution in [1.82, 2.24) is 9.88 Å². The summed E-state index contributed by atoms with van der Waals surface area (Å²) in [6.07, 6.45) is 5.49. The van der Waals surface area contributed by atoms with Crippen LogP contribution < -0.4 is 5.32 Å². The highest BCUT2D eigenvalue weighted by molar-refractivity contribution is 6.04. The van der Waals surface area contributed by atoms with Gasteiger partial charge in [0.2, 0.25) is 0 Å². The van der Waals surface area contributed by atoms with Crippen LogP contribution in [-0.4, -0.2) is 41.0 Å². The molecule has 1 atom stereocenters. The van der Waals surface area contributed by atoms with Gasteiger partial charge in [0.05, 0.1) is 0 Å². The molecule has 2 aromatic rings. The van der Waals surface area contributed by atoms with Crippen molar-refractivity contribution in [2.75, 3.05) is 18.5 Å². The summed E-state index contributed by atoms with van der Waals surface area (Å²) in [5.74, 6) is -0.0881. The average Bonchev–Trinajstić information content (AvgIpc) is 3.22. The van der Waals surface area contributed by atoms with E-state index in [-0.39, 0.29) is 17.9 Å². The van der Waals surface area contributed by atoms with Crippen LogP contribution >= 0.6 is 0 Å². The number of amides is 2. The van der Waals surface area contributed by atoms with Crippen molar-refractivity contribution >= 4 is 17.5 Å². The quantitative estimate of drug-likeness (QED) is 0.922. The van der Waals surface area contributed by atoms with Gasteiger partial charge in [-0.25, -0.2) is 0 Å². The Labute approximate surface area is 152 Å². The van der Waals surface area contributed by atoms with E-state index in [9.17, 15) is 9.59 Å². The highest BCUT2D eigenvalue weighted by Gasteiger charge is 2.30. The summed E-state index contributed by atoms with van der Waals surface area (Å²) in [7, 11) is 0. The molecule has 2 aliphatic rings. The molecule has 0 saturated carbocycles. The summed E-state index contributed by atoms with van der Waals surface area (Å²) < 4.78 is 5.53. The fraction of sp³-hybridized carbons (Fsp3) is 0.350. The predicted octanol–water partition coefficient (Wildman–Crippen LogP) is 2.40. The largest absolute Gasteiger partial charge is 0.368 e. The van der Waals surface area contributed by atoms with Crippen molar-refractivity contribution in [2.24, 2.45) is 0 Å². The van der Waals surface area contributed by atoms with E-state index in [2.05, 4.69) is 10.3 Å². The minimum absolute atomic E-state index is 0.0828. The molecule has 0 spiro atoms. The summed E-state index contributed by atoms with van der Waals surface area (Å²) in [5.41, 5.74) is 3.60. The topological polar surface area (TPSA) is 71.5 Å².